The molecule has 2 unspecified atom stereocenters. The number of hydrogen-bond acceptors (Lipinski definition) is 3. The summed E-state index contributed by atoms with van der Waals surface area (Å²) in [5.74, 6) is 3.10. The summed E-state index contributed by atoms with van der Waals surface area (Å²) < 4.78 is 0. The van der Waals surface area contributed by atoms with Gasteiger partial charge in [0.15, 0.2) is 5.11 Å². The molecule has 1 saturated heterocycles. The highest BCUT2D eigenvalue weighted by molar-refractivity contribution is 7.80. The second kappa shape index (κ2) is 7.77. The number of hydrogen-bond donors (Lipinski definition) is 2. The van der Waals surface area contributed by atoms with E-state index in [-0.39, 0.29) is 0 Å². The number of anilines is 2. The van der Waals surface area contributed by atoms with Crippen LogP contribution in [0.1, 0.15) is 34.1 Å². The summed E-state index contributed by atoms with van der Waals surface area (Å²) in [6, 6.07) is 4.13. The smallest absolute Gasteiger partial charge is 0.170 e. The Kier molecular flexibility index (Phi) is 6.00. The molecule has 2 N–H and O–H groups in total. The standard InChI is InChI=1S/C17H28N4S/c1-12(2)8-19-17(22)20-15-5-6-16(18-9-15)21-10-13(3)7-14(4)11-21/h5-6,9,12-14H,7-8,10-11H2,1-4H3,(H2,19,20,22). The topological polar surface area (TPSA) is 40.2 Å². The van der Waals surface area contributed by atoms with Crippen LogP contribution in [0.2, 0.25) is 0 Å². The van der Waals surface area contributed by atoms with Crippen LogP contribution in [0.3, 0.4) is 0 Å². The van der Waals surface area contributed by atoms with Crippen molar-refractivity contribution in [3.63, 3.8) is 0 Å². The molecule has 4 nitrogen and oxygen atoms in total. The zero-order valence-corrected chi connectivity index (χ0v) is 14.9. The predicted octanol–water partition coefficient (Wildman–Crippen LogP) is 3.51. The molecule has 0 bridgehead atoms. The minimum absolute atomic E-state index is 0.573. The first kappa shape index (κ1) is 17.0. The van der Waals surface area contributed by atoms with Crippen LogP contribution >= 0.6 is 12.2 Å². The number of nitrogens with one attached hydrogen (secondary N) is 2. The first-order valence-corrected chi connectivity index (χ1v) is 8.60. The molecule has 0 spiro atoms. The number of piperidine rings is 1. The van der Waals surface area contributed by atoms with Crippen LogP contribution < -0.4 is 15.5 Å². The average Bonchev–Trinajstić information content (AvgIpc) is 2.45. The Morgan fingerprint density at radius 2 is 2.00 bits per heavy atom. The zero-order chi connectivity index (χ0) is 16.1. The van der Waals surface area contributed by atoms with Gasteiger partial charge in [0.2, 0.25) is 0 Å². The van der Waals surface area contributed by atoms with Gasteiger partial charge in [-0.1, -0.05) is 27.7 Å². The van der Waals surface area contributed by atoms with Gasteiger partial charge in [0.25, 0.3) is 0 Å². The van der Waals surface area contributed by atoms with E-state index in [1.54, 1.807) is 0 Å². The molecule has 5 heteroatoms. The van der Waals surface area contributed by atoms with Gasteiger partial charge < -0.3 is 15.5 Å². The fourth-order valence-electron chi connectivity index (χ4n) is 2.97. The summed E-state index contributed by atoms with van der Waals surface area (Å²) in [5, 5.41) is 7.04. The molecule has 0 aromatic carbocycles. The highest BCUT2D eigenvalue weighted by atomic mass is 32.1. The lowest BCUT2D eigenvalue weighted by Crippen LogP contribution is -2.39. The molecule has 22 heavy (non-hydrogen) atoms. The monoisotopic (exact) mass is 320 g/mol. The van der Waals surface area contributed by atoms with E-state index < -0.39 is 0 Å². The Morgan fingerprint density at radius 1 is 1.32 bits per heavy atom. The summed E-state index contributed by atoms with van der Waals surface area (Å²) in [4.78, 5) is 6.98. The third-order valence-electron chi connectivity index (χ3n) is 3.87. The largest absolute Gasteiger partial charge is 0.362 e. The molecular formula is C17H28N4S. The highest BCUT2D eigenvalue weighted by Gasteiger charge is 2.22. The average molecular weight is 321 g/mol. The molecule has 0 amide bonds. The molecule has 2 rings (SSSR count). The summed E-state index contributed by atoms with van der Waals surface area (Å²) in [6.07, 6.45) is 3.18. The Balaban J connectivity index is 1.91. The summed E-state index contributed by atoms with van der Waals surface area (Å²) in [5.41, 5.74) is 0.933. The Bertz CT molecular complexity index is 476. The van der Waals surface area contributed by atoms with Gasteiger partial charge in [-0.05, 0) is 48.5 Å². The van der Waals surface area contributed by atoms with Gasteiger partial charge in [-0.25, -0.2) is 4.98 Å². The minimum Gasteiger partial charge on any atom is -0.362 e. The van der Waals surface area contributed by atoms with Gasteiger partial charge in [0.1, 0.15) is 5.82 Å². The molecule has 1 aliphatic rings. The SMILES string of the molecule is CC(C)CNC(=S)Nc1ccc(N2CC(C)CC(C)C2)nc1. The Hall–Kier alpha value is -1.36. The van der Waals surface area contributed by atoms with Crippen molar-refractivity contribution in [3.05, 3.63) is 18.3 Å². The third kappa shape index (κ3) is 5.13. The molecule has 0 aliphatic carbocycles. The Labute approximate surface area is 139 Å². The number of nitrogens with zero attached hydrogens (tertiary/aromatic N) is 2. The van der Waals surface area contributed by atoms with E-state index in [2.05, 4.69) is 60.3 Å². The van der Waals surface area contributed by atoms with Crippen LogP contribution in [0, 0.1) is 17.8 Å². The van der Waals surface area contributed by atoms with Crippen molar-refractivity contribution >= 4 is 28.8 Å². The van der Waals surface area contributed by atoms with Crippen LogP contribution in [-0.4, -0.2) is 29.7 Å². The molecule has 0 radical (unpaired) electrons. The van der Waals surface area contributed by atoms with Gasteiger partial charge in [0.05, 0.1) is 11.9 Å². The molecule has 1 fully saturated rings. The zero-order valence-electron chi connectivity index (χ0n) is 14.1. The van der Waals surface area contributed by atoms with Crippen LogP contribution in [0.25, 0.3) is 0 Å². The van der Waals surface area contributed by atoms with Crippen molar-refractivity contribution in [3.8, 4) is 0 Å². The minimum atomic E-state index is 0.573. The van der Waals surface area contributed by atoms with Gasteiger partial charge in [0, 0.05) is 19.6 Å². The van der Waals surface area contributed by atoms with E-state index in [4.69, 9.17) is 12.2 Å². The molecular weight excluding hydrogens is 292 g/mol. The quantitative estimate of drug-likeness (QED) is 0.831. The van der Waals surface area contributed by atoms with Crippen molar-refractivity contribution < 1.29 is 0 Å². The van der Waals surface area contributed by atoms with Crippen molar-refractivity contribution in [2.75, 3.05) is 29.9 Å². The van der Waals surface area contributed by atoms with Gasteiger partial charge in [-0.15, -0.1) is 0 Å². The maximum absolute atomic E-state index is 5.28. The van der Waals surface area contributed by atoms with E-state index in [0.717, 1.165) is 43.0 Å². The molecule has 1 aliphatic heterocycles. The Morgan fingerprint density at radius 3 is 2.55 bits per heavy atom. The van der Waals surface area contributed by atoms with Gasteiger partial charge >= 0.3 is 0 Å². The third-order valence-corrected chi connectivity index (χ3v) is 4.12. The molecule has 1 aromatic rings. The van der Waals surface area contributed by atoms with E-state index in [0.29, 0.717) is 11.0 Å². The van der Waals surface area contributed by atoms with E-state index in [9.17, 15) is 0 Å². The predicted molar refractivity (Wildman–Crippen MR) is 98.5 cm³/mol. The normalized spacial score (nSPS) is 21.8. The summed E-state index contributed by atoms with van der Waals surface area (Å²) in [7, 11) is 0. The molecule has 122 valence electrons. The lowest BCUT2D eigenvalue weighted by molar-refractivity contribution is 0.355. The highest BCUT2D eigenvalue weighted by Crippen LogP contribution is 2.25. The van der Waals surface area contributed by atoms with E-state index in [1.807, 2.05) is 6.20 Å². The van der Waals surface area contributed by atoms with Crippen molar-refractivity contribution in [2.24, 2.45) is 17.8 Å². The second-order valence-electron chi connectivity index (χ2n) is 6.98. The van der Waals surface area contributed by atoms with Crippen LogP contribution in [0.15, 0.2) is 18.3 Å². The molecule has 2 atom stereocenters. The van der Waals surface area contributed by atoms with E-state index >= 15 is 0 Å². The lowest BCUT2D eigenvalue weighted by Gasteiger charge is -2.35. The number of pyridine rings is 1. The van der Waals surface area contributed by atoms with Crippen molar-refractivity contribution in [1.29, 1.82) is 0 Å². The van der Waals surface area contributed by atoms with Crippen LogP contribution in [-0.2, 0) is 0 Å². The fourth-order valence-corrected chi connectivity index (χ4v) is 3.17. The first-order chi connectivity index (χ1) is 10.4. The van der Waals surface area contributed by atoms with Crippen LogP contribution in [0.4, 0.5) is 11.5 Å². The maximum Gasteiger partial charge on any atom is 0.170 e. The fraction of sp³-hybridized carbons (Fsp3) is 0.647. The lowest BCUT2D eigenvalue weighted by atomic mass is 9.92. The maximum atomic E-state index is 5.28. The van der Waals surface area contributed by atoms with Crippen molar-refractivity contribution in [1.82, 2.24) is 10.3 Å². The molecule has 1 aromatic heterocycles. The van der Waals surface area contributed by atoms with Crippen molar-refractivity contribution in [2.45, 2.75) is 34.1 Å². The number of rotatable bonds is 4. The first-order valence-electron chi connectivity index (χ1n) is 8.20. The van der Waals surface area contributed by atoms with Gasteiger partial charge in [-0.3, -0.25) is 0 Å². The summed E-state index contributed by atoms with van der Waals surface area (Å²) >= 11 is 5.28. The molecule has 2 heterocycles. The van der Waals surface area contributed by atoms with Crippen LogP contribution in [0.5, 0.6) is 0 Å². The molecule has 0 saturated carbocycles. The second-order valence-corrected chi connectivity index (χ2v) is 7.39. The number of aromatic nitrogens is 1. The van der Waals surface area contributed by atoms with E-state index in [1.165, 1.54) is 6.42 Å². The summed E-state index contributed by atoms with van der Waals surface area (Å²) in [6.45, 7) is 12.0. The number of thiocarbonyl (C=S) groups is 1. The van der Waals surface area contributed by atoms with Gasteiger partial charge in [-0.2, -0.15) is 0 Å².